The molecular formula is C14H14IN3O3. The molecule has 0 aliphatic rings. The van der Waals surface area contributed by atoms with E-state index in [4.69, 9.17) is 10.4 Å². The van der Waals surface area contributed by atoms with Gasteiger partial charge in [0.25, 0.3) is 5.91 Å². The van der Waals surface area contributed by atoms with E-state index in [1.165, 1.54) is 6.20 Å². The largest absolute Gasteiger partial charge is 0.481 e. The van der Waals surface area contributed by atoms with Crippen LogP contribution in [0.3, 0.4) is 0 Å². The summed E-state index contributed by atoms with van der Waals surface area (Å²) in [4.78, 5) is 22.0. The van der Waals surface area contributed by atoms with E-state index in [0.717, 1.165) is 9.26 Å². The number of benzene rings is 1. The number of amides is 1. The van der Waals surface area contributed by atoms with Gasteiger partial charge in [-0.3, -0.25) is 9.59 Å². The Bertz CT molecular complexity index is 576. The predicted octanol–water partition coefficient (Wildman–Crippen LogP) is 2.09. The summed E-state index contributed by atoms with van der Waals surface area (Å²) in [6.45, 7) is 0.216. The normalized spacial score (nSPS) is 10.6. The highest BCUT2D eigenvalue weighted by atomic mass is 127. The molecule has 0 bridgehead atoms. The quantitative estimate of drug-likeness (QED) is 0.282. The average Bonchev–Trinajstić information content (AvgIpc) is 2.46. The van der Waals surface area contributed by atoms with Crippen LogP contribution in [0.2, 0.25) is 0 Å². The zero-order valence-electron chi connectivity index (χ0n) is 11.1. The van der Waals surface area contributed by atoms with E-state index < -0.39 is 11.9 Å². The zero-order valence-corrected chi connectivity index (χ0v) is 13.3. The minimum atomic E-state index is -0.916. The number of halogens is 1. The molecule has 1 aromatic rings. The van der Waals surface area contributed by atoms with Gasteiger partial charge in [-0.25, -0.2) is 0 Å². The molecule has 0 unspecified atom stereocenters. The topological polar surface area (TPSA) is 102 Å². The van der Waals surface area contributed by atoms with Crippen molar-refractivity contribution in [1.82, 2.24) is 5.32 Å². The Labute approximate surface area is 136 Å². The predicted molar refractivity (Wildman–Crippen MR) is 86.4 cm³/mol. The van der Waals surface area contributed by atoms with Gasteiger partial charge in [-0.05, 0) is 53.3 Å². The summed E-state index contributed by atoms with van der Waals surface area (Å²) < 4.78 is 1.08. The van der Waals surface area contributed by atoms with Gasteiger partial charge in [0.1, 0.15) is 11.6 Å². The van der Waals surface area contributed by atoms with E-state index in [1.807, 2.05) is 24.3 Å². The van der Waals surface area contributed by atoms with Crippen LogP contribution in [0.25, 0.3) is 0 Å². The number of hydrogen-bond acceptors (Lipinski definition) is 4. The van der Waals surface area contributed by atoms with Gasteiger partial charge in [-0.1, -0.05) is 0 Å². The fourth-order valence-corrected chi connectivity index (χ4v) is 1.75. The van der Waals surface area contributed by atoms with E-state index in [0.29, 0.717) is 6.42 Å². The summed E-state index contributed by atoms with van der Waals surface area (Å²) in [6, 6.07) is 9.26. The Balaban J connectivity index is 2.51. The molecule has 0 saturated heterocycles. The van der Waals surface area contributed by atoms with Crippen LogP contribution in [0.1, 0.15) is 12.8 Å². The van der Waals surface area contributed by atoms with E-state index in [1.54, 1.807) is 6.07 Å². The molecule has 0 aromatic heterocycles. The molecule has 0 radical (unpaired) electrons. The van der Waals surface area contributed by atoms with Crippen molar-refractivity contribution in [2.75, 3.05) is 11.9 Å². The van der Waals surface area contributed by atoms with E-state index >= 15 is 0 Å². The fourth-order valence-electron chi connectivity index (χ4n) is 1.39. The third kappa shape index (κ3) is 6.76. The van der Waals surface area contributed by atoms with Gasteiger partial charge in [0.2, 0.25) is 0 Å². The first-order valence-electron chi connectivity index (χ1n) is 6.15. The van der Waals surface area contributed by atoms with E-state index in [-0.39, 0.29) is 18.5 Å². The smallest absolute Gasteiger partial charge is 0.303 e. The number of rotatable bonds is 7. The highest BCUT2D eigenvalue weighted by Gasteiger charge is 2.08. The molecule has 0 aliphatic carbocycles. The lowest BCUT2D eigenvalue weighted by Gasteiger charge is -2.04. The van der Waals surface area contributed by atoms with Gasteiger partial charge in [0.05, 0.1) is 0 Å². The van der Waals surface area contributed by atoms with Crippen LogP contribution < -0.4 is 10.6 Å². The highest BCUT2D eigenvalue weighted by Crippen LogP contribution is 2.11. The van der Waals surface area contributed by atoms with Crippen molar-refractivity contribution in [2.45, 2.75) is 12.8 Å². The van der Waals surface area contributed by atoms with Gasteiger partial charge in [-0.2, -0.15) is 5.26 Å². The number of hydrogen-bond donors (Lipinski definition) is 3. The molecule has 110 valence electrons. The summed E-state index contributed by atoms with van der Waals surface area (Å²) in [7, 11) is 0. The minimum absolute atomic E-state index is 0.0210. The van der Waals surface area contributed by atoms with Crippen molar-refractivity contribution < 1.29 is 14.7 Å². The summed E-state index contributed by atoms with van der Waals surface area (Å²) in [5.41, 5.74) is 0.700. The molecule has 1 aromatic carbocycles. The Hall–Kier alpha value is -2.08. The van der Waals surface area contributed by atoms with Crippen molar-refractivity contribution in [3.05, 3.63) is 39.6 Å². The molecule has 1 amide bonds. The Morgan fingerprint density at radius 3 is 2.57 bits per heavy atom. The number of nitrogens with zero attached hydrogens (tertiary/aromatic N) is 1. The molecule has 0 atom stereocenters. The van der Waals surface area contributed by atoms with Gasteiger partial charge in [0, 0.05) is 28.4 Å². The number of carbonyl (C=O) groups is 2. The van der Waals surface area contributed by atoms with Crippen molar-refractivity contribution in [1.29, 1.82) is 5.26 Å². The molecule has 3 N–H and O–H groups in total. The number of anilines is 1. The zero-order chi connectivity index (χ0) is 15.7. The van der Waals surface area contributed by atoms with Crippen LogP contribution in [-0.4, -0.2) is 23.5 Å². The highest BCUT2D eigenvalue weighted by molar-refractivity contribution is 14.1. The molecular weight excluding hydrogens is 385 g/mol. The SMILES string of the molecule is N#C/C(=C/Nc1ccc(I)cc1)C(=O)NCCCC(=O)O. The van der Waals surface area contributed by atoms with Gasteiger partial charge >= 0.3 is 5.97 Å². The molecule has 1 rings (SSSR count). The third-order valence-corrected chi connectivity index (χ3v) is 3.16. The lowest BCUT2D eigenvalue weighted by Crippen LogP contribution is -2.26. The molecule has 0 fully saturated rings. The number of aliphatic carboxylic acids is 1. The van der Waals surface area contributed by atoms with E-state index in [2.05, 4.69) is 33.2 Å². The molecule has 0 aliphatic heterocycles. The second-order valence-electron chi connectivity index (χ2n) is 4.07. The molecule has 0 saturated carbocycles. The first-order chi connectivity index (χ1) is 10.0. The van der Waals surface area contributed by atoms with Crippen LogP contribution in [0.15, 0.2) is 36.0 Å². The lowest BCUT2D eigenvalue weighted by atomic mass is 10.2. The Morgan fingerprint density at radius 1 is 1.33 bits per heavy atom. The maximum absolute atomic E-state index is 11.7. The maximum Gasteiger partial charge on any atom is 0.303 e. The molecule has 21 heavy (non-hydrogen) atoms. The first kappa shape index (κ1) is 17.0. The van der Waals surface area contributed by atoms with Crippen molar-refractivity contribution in [3.63, 3.8) is 0 Å². The Kier molecular flexibility index (Phi) is 7.25. The number of carboxylic acid groups (broad SMARTS) is 1. The summed E-state index contributed by atoms with van der Waals surface area (Å²) in [5.74, 6) is -1.44. The second-order valence-corrected chi connectivity index (χ2v) is 5.32. The summed E-state index contributed by atoms with van der Waals surface area (Å²) >= 11 is 2.18. The summed E-state index contributed by atoms with van der Waals surface area (Å²) in [5, 5.41) is 22.8. The number of carboxylic acids is 1. The van der Waals surface area contributed by atoms with Crippen LogP contribution in [0.5, 0.6) is 0 Å². The van der Waals surface area contributed by atoms with Gasteiger partial charge < -0.3 is 15.7 Å². The lowest BCUT2D eigenvalue weighted by molar-refractivity contribution is -0.137. The van der Waals surface area contributed by atoms with Crippen molar-refractivity contribution in [3.8, 4) is 6.07 Å². The second kappa shape index (κ2) is 8.97. The summed E-state index contributed by atoms with van der Waals surface area (Å²) in [6.07, 6.45) is 1.63. The maximum atomic E-state index is 11.7. The van der Waals surface area contributed by atoms with E-state index in [9.17, 15) is 9.59 Å². The molecule has 6 nitrogen and oxygen atoms in total. The third-order valence-electron chi connectivity index (χ3n) is 2.45. The van der Waals surface area contributed by atoms with Gasteiger partial charge in [-0.15, -0.1) is 0 Å². The molecule has 0 spiro atoms. The monoisotopic (exact) mass is 399 g/mol. The molecule has 0 heterocycles. The van der Waals surface area contributed by atoms with Crippen molar-refractivity contribution >= 4 is 40.2 Å². The fraction of sp³-hybridized carbons (Fsp3) is 0.214. The minimum Gasteiger partial charge on any atom is -0.481 e. The number of nitriles is 1. The van der Waals surface area contributed by atoms with Gasteiger partial charge in [0.15, 0.2) is 0 Å². The first-order valence-corrected chi connectivity index (χ1v) is 7.23. The molecule has 7 heteroatoms. The standard InChI is InChI=1S/C14H14IN3O3/c15-11-3-5-12(6-4-11)18-9-10(8-16)14(21)17-7-1-2-13(19)20/h3-6,9,18H,1-2,7H2,(H,17,21)(H,19,20)/b10-9-. The number of carbonyl (C=O) groups excluding carboxylic acids is 1. The van der Waals surface area contributed by atoms with Crippen molar-refractivity contribution in [2.24, 2.45) is 0 Å². The van der Waals surface area contributed by atoms with Crippen LogP contribution >= 0.6 is 22.6 Å². The van der Waals surface area contributed by atoms with Crippen LogP contribution in [0, 0.1) is 14.9 Å². The van der Waals surface area contributed by atoms with Crippen LogP contribution in [-0.2, 0) is 9.59 Å². The van der Waals surface area contributed by atoms with Crippen LogP contribution in [0.4, 0.5) is 5.69 Å². The Morgan fingerprint density at radius 2 is 2.00 bits per heavy atom. The average molecular weight is 399 g/mol. The number of nitrogens with one attached hydrogen (secondary N) is 2.